The van der Waals surface area contributed by atoms with Crippen molar-refractivity contribution in [3.05, 3.63) is 107 Å². The van der Waals surface area contributed by atoms with Crippen molar-refractivity contribution in [3.8, 4) is 0 Å². The number of rotatable bonds is 2. The van der Waals surface area contributed by atoms with Crippen LogP contribution >= 0.6 is 0 Å². The molecule has 0 radical (unpaired) electrons. The molecule has 28 heavy (non-hydrogen) atoms. The van der Waals surface area contributed by atoms with E-state index >= 15 is 0 Å². The summed E-state index contributed by atoms with van der Waals surface area (Å²) in [5.41, 5.74) is 7.63. The molecule has 0 N–H and O–H groups in total. The fourth-order valence-electron chi connectivity index (χ4n) is 5.92. The molecule has 0 spiro atoms. The molecule has 138 valence electrons. The average molecular weight is 364 g/mol. The number of nitrogens with zero attached hydrogens (tertiary/aromatic N) is 1. The van der Waals surface area contributed by atoms with Gasteiger partial charge in [-0.1, -0.05) is 78.9 Å². The number of aromatic nitrogens is 1. The van der Waals surface area contributed by atoms with Crippen LogP contribution in [0.5, 0.6) is 0 Å². The number of hydrogen-bond acceptors (Lipinski definition) is 0. The van der Waals surface area contributed by atoms with E-state index in [0.29, 0.717) is 17.9 Å². The fourth-order valence-corrected chi connectivity index (χ4v) is 5.92. The third-order valence-electron chi connectivity index (χ3n) is 7.04. The van der Waals surface area contributed by atoms with Crippen LogP contribution in [0.3, 0.4) is 0 Å². The van der Waals surface area contributed by atoms with Crippen LogP contribution in [0, 0.1) is 0 Å². The van der Waals surface area contributed by atoms with Crippen LogP contribution in [0.15, 0.2) is 84.9 Å². The highest BCUT2D eigenvalue weighted by Crippen LogP contribution is 2.54. The van der Waals surface area contributed by atoms with Gasteiger partial charge in [-0.15, -0.1) is 0 Å². The first-order valence-corrected chi connectivity index (χ1v) is 10.6. The third kappa shape index (κ3) is 2.32. The first kappa shape index (κ1) is 16.2. The summed E-state index contributed by atoms with van der Waals surface area (Å²) in [7, 11) is 0. The van der Waals surface area contributed by atoms with E-state index in [1.54, 1.807) is 11.3 Å². The van der Waals surface area contributed by atoms with Crippen LogP contribution in [0.1, 0.15) is 59.5 Å². The monoisotopic (exact) mass is 363 g/mol. The van der Waals surface area contributed by atoms with Crippen LogP contribution in [0.2, 0.25) is 0 Å². The zero-order chi connectivity index (χ0) is 18.5. The molecular formula is C27H25N. The molecule has 1 aliphatic heterocycles. The van der Waals surface area contributed by atoms with Crippen LogP contribution < -0.4 is 0 Å². The third-order valence-corrected chi connectivity index (χ3v) is 7.04. The summed E-state index contributed by atoms with van der Waals surface area (Å²) in [4.78, 5) is 0. The minimum atomic E-state index is 0.411. The fraction of sp³-hybridized carbons (Fsp3) is 0.259. The van der Waals surface area contributed by atoms with Gasteiger partial charge in [0.15, 0.2) is 0 Å². The second kappa shape index (κ2) is 6.38. The van der Waals surface area contributed by atoms with E-state index in [1.807, 2.05) is 0 Å². The summed E-state index contributed by atoms with van der Waals surface area (Å²) in [6.07, 6.45) is 5.03. The molecule has 1 aromatic heterocycles. The Kier molecular flexibility index (Phi) is 3.68. The lowest BCUT2D eigenvalue weighted by Crippen LogP contribution is -2.30. The van der Waals surface area contributed by atoms with E-state index < -0.39 is 0 Å². The van der Waals surface area contributed by atoms with Gasteiger partial charge in [-0.25, -0.2) is 0 Å². The molecule has 2 aliphatic rings. The SMILES string of the molecule is c1ccc([C@@H]2C[C@@H](c3ccccc3)n3c4c(c5ccccc53)CCC[C@H]42)cc1. The van der Waals surface area contributed by atoms with Crippen molar-refractivity contribution < 1.29 is 0 Å². The van der Waals surface area contributed by atoms with Crippen molar-refractivity contribution in [2.45, 2.75) is 43.6 Å². The molecule has 0 unspecified atom stereocenters. The minimum Gasteiger partial charge on any atom is -0.336 e. The number of benzene rings is 3. The first-order valence-electron chi connectivity index (χ1n) is 10.6. The molecule has 0 amide bonds. The highest BCUT2D eigenvalue weighted by molar-refractivity contribution is 5.86. The van der Waals surface area contributed by atoms with Crippen molar-refractivity contribution in [1.29, 1.82) is 0 Å². The summed E-state index contributed by atoms with van der Waals surface area (Å²) < 4.78 is 2.71. The van der Waals surface area contributed by atoms with Gasteiger partial charge in [-0.2, -0.15) is 0 Å². The predicted molar refractivity (Wildman–Crippen MR) is 116 cm³/mol. The van der Waals surface area contributed by atoms with E-state index in [4.69, 9.17) is 0 Å². The summed E-state index contributed by atoms with van der Waals surface area (Å²) in [6.45, 7) is 0. The van der Waals surface area contributed by atoms with E-state index in [2.05, 4.69) is 89.5 Å². The van der Waals surface area contributed by atoms with Crippen LogP contribution in [0.4, 0.5) is 0 Å². The van der Waals surface area contributed by atoms with Gasteiger partial charge in [0.2, 0.25) is 0 Å². The maximum Gasteiger partial charge on any atom is 0.0594 e. The highest BCUT2D eigenvalue weighted by Gasteiger charge is 2.40. The molecule has 0 saturated heterocycles. The summed E-state index contributed by atoms with van der Waals surface area (Å²) in [6, 6.07) is 31.9. The predicted octanol–water partition coefficient (Wildman–Crippen LogP) is 6.84. The smallest absolute Gasteiger partial charge is 0.0594 e. The van der Waals surface area contributed by atoms with Gasteiger partial charge in [-0.3, -0.25) is 0 Å². The first-order chi connectivity index (χ1) is 13.9. The average Bonchev–Trinajstić information content (AvgIpc) is 3.12. The van der Waals surface area contributed by atoms with E-state index in [9.17, 15) is 0 Å². The van der Waals surface area contributed by atoms with Gasteiger partial charge >= 0.3 is 0 Å². The topological polar surface area (TPSA) is 4.93 Å². The second-order valence-electron chi connectivity index (χ2n) is 8.43. The van der Waals surface area contributed by atoms with E-state index in [-0.39, 0.29) is 0 Å². The largest absolute Gasteiger partial charge is 0.336 e. The molecule has 3 aromatic carbocycles. The second-order valence-corrected chi connectivity index (χ2v) is 8.43. The molecule has 1 aliphatic carbocycles. The summed E-state index contributed by atoms with van der Waals surface area (Å²) in [5, 5.41) is 1.48. The zero-order valence-corrected chi connectivity index (χ0v) is 16.1. The van der Waals surface area contributed by atoms with Gasteiger partial charge in [0.05, 0.1) is 6.04 Å². The van der Waals surface area contributed by atoms with Gasteiger partial charge in [0.25, 0.3) is 0 Å². The summed E-state index contributed by atoms with van der Waals surface area (Å²) in [5.74, 6) is 1.24. The molecule has 3 atom stereocenters. The lowest BCUT2D eigenvalue weighted by Gasteiger charge is -2.41. The number of aryl methyl sites for hydroxylation is 1. The zero-order valence-electron chi connectivity index (χ0n) is 16.1. The molecule has 6 rings (SSSR count). The van der Waals surface area contributed by atoms with Crippen LogP contribution in [-0.4, -0.2) is 4.57 Å². The quantitative estimate of drug-likeness (QED) is 0.367. The standard InChI is InChI=1S/C27H25N/c1-3-10-19(11-4-1)24-18-26(20-12-5-2-6-13-20)28-25-17-8-7-14-21(25)22-15-9-16-23(24)27(22)28/h1-8,10-14,17,23-24,26H,9,15-16,18H2/t23-,24-,26-/m0/s1. The van der Waals surface area contributed by atoms with Gasteiger partial charge < -0.3 is 4.57 Å². The lowest BCUT2D eigenvalue weighted by atomic mass is 9.70. The molecule has 0 saturated carbocycles. The Morgan fingerprint density at radius 1 is 0.679 bits per heavy atom. The highest BCUT2D eigenvalue weighted by atomic mass is 15.1. The number of hydrogen-bond donors (Lipinski definition) is 0. The van der Waals surface area contributed by atoms with E-state index in [1.165, 1.54) is 47.7 Å². The Balaban J connectivity index is 1.64. The lowest BCUT2D eigenvalue weighted by molar-refractivity contribution is 0.331. The van der Waals surface area contributed by atoms with Gasteiger partial charge in [0.1, 0.15) is 0 Å². The molecule has 0 fully saturated rings. The number of para-hydroxylation sites is 1. The Morgan fingerprint density at radius 3 is 2.14 bits per heavy atom. The Labute approximate surface area is 166 Å². The molecular weight excluding hydrogens is 338 g/mol. The van der Waals surface area contributed by atoms with Crippen molar-refractivity contribution in [1.82, 2.24) is 4.57 Å². The van der Waals surface area contributed by atoms with Gasteiger partial charge in [-0.05, 0) is 54.4 Å². The van der Waals surface area contributed by atoms with E-state index in [0.717, 1.165) is 0 Å². The molecule has 2 heterocycles. The van der Waals surface area contributed by atoms with Crippen LogP contribution in [0.25, 0.3) is 10.9 Å². The van der Waals surface area contributed by atoms with Crippen molar-refractivity contribution in [2.24, 2.45) is 0 Å². The summed E-state index contributed by atoms with van der Waals surface area (Å²) >= 11 is 0. The molecule has 0 bridgehead atoms. The Hall–Kier alpha value is -2.80. The Bertz CT molecular complexity index is 1120. The van der Waals surface area contributed by atoms with Crippen molar-refractivity contribution >= 4 is 10.9 Å². The van der Waals surface area contributed by atoms with Crippen molar-refractivity contribution in [2.75, 3.05) is 0 Å². The number of fused-ring (bicyclic) bond motifs is 3. The molecule has 1 nitrogen and oxygen atoms in total. The Morgan fingerprint density at radius 2 is 1.36 bits per heavy atom. The van der Waals surface area contributed by atoms with Gasteiger partial charge in [0, 0.05) is 22.5 Å². The van der Waals surface area contributed by atoms with Crippen LogP contribution in [-0.2, 0) is 6.42 Å². The maximum absolute atomic E-state index is 2.71. The normalized spacial score (nSPS) is 23.5. The minimum absolute atomic E-state index is 0.411. The van der Waals surface area contributed by atoms with Crippen molar-refractivity contribution in [3.63, 3.8) is 0 Å². The molecule has 1 heteroatoms. The maximum atomic E-state index is 2.71. The molecule has 4 aromatic rings.